The average Bonchev–Trinajstić information content (AvgIpc) is 2.76. The number of carbonyl (C=O) groups is 1. The number of amides is 1. The molecule has 1 fully saturated rings. The molecule has 0 bridgehead atoms. The van der Waals surface area contributed by atoms with Gasteiger partial charge in [0, 0.05) is 24.3 Å². The van der Waals surface area contributed by atoms with Gasteiger partial charge in [0.2, 0.25) is 5.91 Å². The molecule has 2 heterocycles. The Morgan fingerprint density at radius 1 is 1.00 bits per heavy atom. The minimum atomic E-state index is -0.0503. The topological polar surface area (TPSA) is 58.1 Å². The Morgan fingerprint density at radius 3 is 2.50 bits per heavy atom. The second kappa shape index (κ2) is 8.21. The maximum atomic E-state index is 12.7. The van der Waals surface area contributed by atoms with Crippen molar-refractivity contribution in [1.29, 1.82) is 0 Å². The molecule has 1 aliphatic heterocycles. The predicted molar refractivity (Wildman–Crippen MR) is 112 cm³/mol. The predicted octanol–water partition coefficient (Wildman–Crippen LogP) is 4.31. The number of rotatable bonds is 4. The summed E-state index contributed by atoms with van der Waals surface area (Å²) in [7, 11) is 0. The summed E-state index contributed by atoms with van der Waals surface area (Å²) in [5.74, 6) is 0.848. The number of aromatic nitrogens is 2. The molecule has 28 heavy (non-hydrogen) atoms. The van der Waals surface area contributed by atoms with E-state index in [1.54, 1.807) is 0 Å². The molecule has 142 valence electrons. The Morgan fingerprint density at radius 2 is 1.79 bits per heavy atom. The van der Waals surface area contributed by atoms with E-state index in [9.17, 15) is 4.79 Å². The zero-order valence-electron chi connectivity index (χ0n) is 16.0. The number of nitrogens with one attached hydrogen (secondary N) is 1. The van der Waals surface area contributed by atoms with Gasteiger partial charge >= 0.3 is 0 Å². The minimum Gasteiger partial charge on any atom is -0.354 e. The van der Waals surface area contributed by atoms with Gasteiger partial charge in [0.05, 0.1) is 11.6 Å². The Kier molecular flexibility index (Phi) is 5.33. The number of hydrogen-bond donors (Lipinski definition) is 1. The van der Waals surface area contributed by atoms with Crippen molar-refractivity contribution in [2.24, 2.45) is 5.92 Å². The molecule has 0 aliphatic carbocycles. The first-order chi connectivity index (χ1) is 13.7. The van der Waals surface area contributed by atoms with Gasteiger partial charge in [0.1, 0.15) is 0 Å². The molecule has 1 saturated heterocycles. The van der Waals surface area contributed by atoms with E-state index in [0.717, 1.165) is 42.1 Å². The number of aryl methyl sites for hydroxylation is 1. The molecule has 1 N–H and O–H groups in total. The van der Waals surface area contributed by atoms with Gasteiger partial charge in [-0.1, -0.05) is 48.0 Å². The highest BCUT2D eigenvalue weighted by molar-refractivity contribution is 5.93. The lowest BCUT2D eigenvalue weighted by atomic mass is 9.97. The molecule has 0 saturated carbocycles. The first kappa shape index (κ1) is 18.2. The molecule has 0 unspecified atom stereocenters. The van der Waals surface area contributed by atoms with E-state index in [1.165, 1.54) is 5.56 Å². The number of benzene rings is 2. The third kappa shape index (κ3) is 4.19. The molecule has 2 aromatic carbocycles. The van der Waals surface area contributed by atoms with Crippen LogP contribution < -0.4 is 10.2 Å². The van der Waals surface area contributed by atoms with Gasteiger partial charge in [-0.15, -0.1) is 10.2 Å². The van der Waals surface area contributed by atoms with Crippen LogP contribution in [0.15, 0.2) is 66.7 Å². The first-order valence-corrected chi connectivity index (χ1v) is 9.71. The second-order valence-electron chi connectivity index (χ2n) is 7.28. The number of piperidine rings is 1. The van der Waals surface area contributed by atoms with Crippen molar-refractivity contribution < 1.29 is 4.79 Å². The standard InChI is InChI=1S/C23H24N4O/c1-17-9-11-20(12-10-17)24-23(28)19-8-5-15-27(16-19)22-14-13-21(25-26-22)18-6-3-2-4-7-18/h2-4,6-7,9-14,19H,5,8,15-16H2,1H3,(H,24,28)/t19-/m0/s1. The van der Waals surface area contributed by atoms with Gasteiger partial charge in [-0.2, -0.15) is 0 Å². The lowest BCUT2D eigenvalue weighted by Gasteiger charge is -2.32. The van der Waals surface area contributed by atoms with Crippen molar-refractivity contribution in [1.82, 2.24) is 10.2 Å². The lowest BCUT2D eigenvalue weighted by Crippen LogP contribution is -2.41. The molecule has 5 nitrogen and oxygen atoms in total. The summed E-state index contributed by atoms with van der Waals surface area (Å²) >= 11 is 0. The van der Waals surface area contributed by atoms with Crippen molar-refractivity contribution in [3.63, 3.8) is 0 Å². The van der Waals surface area contributed by atoms with Crippen molar-refractivity contribution in [3.05, 3.63) is 72.3 Å². The van der Waals surface area contributed by atoms with Crippen LogP contribution in [0.2, 0.25) is 0 Å². The lowest BCUT2D eigenvalue weighted by molar-refractivity contribution is -0.120. The van der Waals surface area contributed by atoms with E-state index in [2.05, 4.69) is 20.4 Å². The fourth-order valence-electron chi connectivity index (χ4n) is 3.54. The number of carbonyl (C=O) groups excluding carboxylic acids is 1. The van der Waals surface area contributed by atoms with Gasteiger partial charge in [0.25, 0.3) is 0 Å². The molecule has 3 aromatic rings. The monoisotopic (exact) mass is 372 g/mol. The van der Waals surface area contributed by atoms with Crippen LogP contribution in [0.3, 0.4) is 0 Å². The average molecular weight is 372 g/mol. The van der Waals surface area contributed by atoms with Crippen LogP contribution in [-0.2, 0) is 4.79 Å². The van der Waals surface area contributed by atoms with Gasteiger partial charge in [0.15, 0.2) is 5.82 Å². The maximum Gasteiger partial charge on any atom is 0.229 e. The second-order valence-corrected chi connectivity index (χ2v) is 7.28. The number of nitrogens with zero attached hydrogens (tertiary/aromatic N) is 3. The zero-order valence-corrected chi connectivity index (χ0v) is 16.0. The summed E-state index contributed by atoms with van der Waals surface area (Å²) in [6.45, 7) is 3.60. The van der Waals surface area contributed by atoms with Crippen LogP contribution in [0.5, 0.6) is 0 Å². The third-order valence-corrected chi connectivity index (χ3v) is 5.16. The molecule has 0 radical (unpaired) electrons. The van der Waals surface area contributed by atoms with Crippen molar-refractivity contribution in [3.8, 4) is 11.3 Å². The first-order valence-electron chi connectivity index (χ1n) is 9.71. The molecule has 1 aromatic heterocycles. The zero-order chi connectivity index (χ0) is 19.3. The van der Waals surface area contributed by atoms with Gasteiger partial charge in [-0.05, 0) is 44.0 Å². The largest absolute Gasteiger partial charge is 0.354 e. The number of hydrogen-bond acceptors (Lipinski definition) is 4. The van der Waals surface area contributed by atoms with Crippen LogP contribution in [0.25, 0.3) is 11.3 Å². The Labute approximate surface area is 165 Å². The summed E-state index contributed by atoms with van der Waals surface area (Å²) in [5.41, 5.74) is 3.93. The highest BCUT2D eigenvalue weighted by atomic mass is 16.1. The summed E-state index contributed by atoms with van der Waals surface area (Å²) in [6, 6.07) is 21.9. The molecule has 4 rings (SSSR count). The van der Waals surface area contributed by atoms with Crippen LogP contribution >= 0.6 is 0 Å². The van der Waals surface area contributed by atoms with Crippen LogP contribution in [0.1, 0.15) is 18.4 Å². The van der Waals surface area contributed by atoms with E-state index in [4.69, 9.17) is 0 Å². The van der Waals surface area contributed by atoms with E-state index in [-0.39, 0.29) is 11.8 Å². The Balaban J connectivity index is 1.42. The number of anilines is 2. The Bertz CT molecular complexity index is 923. The highest BCUT2D eigenvalue weighted by Crippen LogP contribution is 2.24. The third-order valence-electron chi connectivity index (χ3n) is 5.16. The SMILES string of the molecule is Cc1ccc(NC(=O)[C@H]2CCCN(c3ccc(-c4ccccc4)nn3)C2)cc1. The fourth-order valence-corrected chi connectivity index (χ4v) is 3.54. The molecule has 5 heteroatoms. The molecular formula is C23H24N4O. The van der Waals surface area contributed by atoms with E-state index < -0.39 is 0 Å². The van der Waals surface area contributed by atoms with Crippen LogP contribution in [0.4, 0.5) is 11.5 Å². The Hall–Kier alpha value is -3.21. The van der Waals surface area contributed by atoms with E-state index in [0.29, 0.717) is 6.54 Å². The quantitative estimate of drug-likeness (QED) is 0.741. The summed E-state index contributed by atoms with van der Waals surface area (Å²) in [4.78, 5) is 14.9. The molecule has 0 spiro atoms. The highest BCUT2D eigenvalue weighted by Gasteiger charge is 2.26. The van der Waals surface area contributed by atoms with Crippen molar-refractivity contribution in [2.75, 3.05) is 23.3 Å². The van der Waals surface area contributed by atoms with Gasteiger partial charge in [-0.25, -0.2) is 0 Å². The van der Waals surface area contributed by atoms with Crippen molar-refractivity contribution >= 4 is 17.4 Å². The van der Waals surface area contributed by atoms with Crippen LogP contribution in [-0.4, -0.2) is 29.2 Å². The molecule has 1 amide bonds. The van der Waals surface area contributed by atoms with E-state index in [1.807, 2.05) is 73.7 Å². The van der Waals surface area contributed by atoms with Crippen molar-refractivity contribution in [2.45, 2.75) is 19.8 Å². The molecule has 1 atom stereocenters. The summed E-state index contributed by atoms with van der Waals surface area (Å²) < 4.78 is 0. The minimum absolute atomic E-state index is 0.0503. The molecular weight excluding hydrogens is 348 g/mol. The maximum absolute atomic E-state index is 12.7. The smallest absolute Gasteiger partial charge is 0.229 e. The van der Waals surface area contributed by atoms with Gasteiger partial charge in [-0.3, -0.25) is 4.79 Å². The van der Waals surface area contributed by atoms with Gasteiger partial charge < -0.3 is 10.2 Å². The van der Waals surface area contributed by atoms with Crippen LogP contribution in [0, 0.1) is 12.8 Å². The normalized spacial score (nSPS) is 16.6. The summed E-state index contributed by atoms with van der Waals surface area (Å²) in [6.07, 6.45) is 1.86. The molecule has 1 aliphatic rings. The summed E-state index contributed by atoms with van der Waals surface area (Å²) in [5, 5.41) is 11.8. The fraction of sp³-hybridized carbons (Fsp3) is 0.261. The van der Waals surface area contributed by atoms with E-state index >= 15 is 0 Å².